The second kappa shape index (κ2) is 10.8. The molecule has 1 saturated heterocycles. The molecule has 1 fully saturated rings. The van der Waals surface area contributed by atoms with Gasteiger partial charge in [-0.2, -0.15) is 0 Å². The molecule has 35 heavy (non-hydrogen) atoms. The molecule has 2 aromatic carbocycles. The molecule has 1 aliphatic heterocycles. The molecule has 1 unspecified atom stereocenters. The van der Waals surface area contributed by atoms with Crippen molar-refractivity contribution in [1.29, 1.82) is 0 Å². The summed E-state index contributed by atoms with van der Waals surface area (Å²) in [5.74, 6) is 1.56. The van der Waals surface area contributed by atoms with E-state index < -0.39 is 0 Å². The van der Waals surface area contributed by atoms with Crippen molar-refractivity contribution >= 4 is 17.4 Å². The van der Waals surface area contributed by atoms with Crippen LogP contribution in [0, 0.1) is 0 Å². The van der Waals surface area contributed by atoms with E-state index in [0.29, 0.717) is 13.1 Å². The first-order chi connectivity index (χ1) is 17.2. The highest BCUT2D eigenvalue weighted by Crippen LogP contribution is 2.27. The predicted molar refractivity (Wildman–Crippen MR) is 136 cm³/mol. The van der Waals surface area contributed by atoms with Crippen LogP contribution >= 0.6 is 11.3 Å². The van der Waals surface area contributed by atoms with Gasteiger partial charge in [0.2, 0.25) is 0 Å². The second-order valence-electron chi connectivity index (χ2n) is 8.44. The number of carbonyl (C=O) groups is 1. The standard InChI is InChI=1S/C27H28N4O3S/c1-33-23-11-9-21(10-12-23)26-28-22(19-35-26)18-30-13-15-31(16-14-30)27(32)29-25(24-8-5-17-34-24)20-6-3-2-4-7-20/h2-12,17,19,25H,13-16,18H2,1H3,(H,29,32). The molecule has 1 atom stereocenters. The maximum Gasteiger partial charge on any atom is 0.318 e. The molecule has 8 heteroatoms. The quantitative estimate of drug-likeness (QED) is 0.395. The summed E-state index contributed by atoms with van der Waals surface area (Å²) in [7, 11) is 1.67. The minimum absolute atomic E-state index is 0.0784. The Hall–Kier alpha value is -3.62. The molecule has 0 aliphatic carbocycles. The van der Waals surface area contributed by atoms with Gasteiger partial charge in [-0.05, 0) is 42.0 Å². The number of piperazine rings is 1. The fourth-order valence-electron chi connectivity index (χ4n) is 4.22. The van der Waals surface area contributed by atoms with E-state index in [4.69, 9.17) is 14.1 Å². The number of hydrogen-bond donors (Lipinski definition) is 1. The molecule has 180 valence electrons. The van der Waals surface area contributed by atoms with Gasteiger partial charge < -0.3 is 19.4 Å². The number of thiazole rings is 1. The van der Waals surface area contributed by atoms with Crippen LogP contribution in [0.25, 0.3) is 10.6 Å². The lowest BCUT2D eigenvalue weighted by molar-refractivity contribution is 0.133. The third kappa shape index (κ3) is 5.55. The molecular weight excluding hydrogens is 460 g/mol. The van der Waals surface area contributed by atoms with Crippen LogP contribution in [0.15, 0.2) is 82.8 Å². The Morgan fingerprint density at radius 3 is 2.51 bits per heavy atom. The van der Waals surface area contributed by atoms with E-state index in [0.717, 1.165) is 53.0 Å². The molecule has 0 bridgehead atoms. The fourth-order valence-corrected chi connectivity index (χ4v) is 5.04. The van der Waals surface area contributed by atoms with Gasteiger partial charge in [0.1, 0.15) is 22.6 Å². The normalized spacial score (nSPS) is 15.1. The van der Waals surface area contributed by atoms with Gasteiger partial charge in [0.05, 0.1) is 19.1 Å². The third-order valence-electron chi connectivity index (χ3n) is 6.16. The van der Waals surface area contributed by atoms with Crippen LogP contribution in [0.3, 0.4) is 0 Å². The molecule has 1 aliphatic rings. The maximum atomic E-state index is 13.1. The smallest absolute Gasteiger partial charge is 0.318 e. The van der Waals surface area contributed by atoms with E-state index in [1.165, 1.54) is 0 Å². The van der Waals surface area contributed by atoms with E-state index in [1.807, 2.05) is 71.6 Å². The zero-order valence-corrected chi connectivity index (χ0v) is 20.4. The van der Waals surface area contributed by atoms with Crippen molar-refractivity contribution in [1.82, 2.24) is 20.1 Å². The summed E-state index contributed by atoms with van der Waals surface area (Å²) in [4.78, 5) is 22.1. The minimum atomic E-state index is -0.317. The Morgan fingerprint density at radius 1 is 1.06 bits per heavy atom. The molecular formula is C27H28N4O3S. The van der Waals surface area contributed by atoms with Gasteiger partial charge in [-0.25, -0.2) is 9.78 Å². The van der Waals surface area contributed by atoms with E-state index in [1.54, 1.807) is 24.7 Å². The molecule has 1 N–H and O–H groups in total. The Kier molecular flexibility index (Phi) is 7.11. The van der Waals surface area contributed by atoms with Crippen molar-refractivity contribution in [3.05, 3.63) is 95.4 Å². The molecule has 2 amide bonds. The first kappa shape index (κ1) is 23.1. The minimum Gasteiger partial charge on any atom is -0.497 e. The van der Waals surface area contributed by atoms with Crippen molar-refractivity contribution in [2.45, 2.75) is 12.6 Å². The Balaban J connectivity index is 1.16. The molecule has 5 rings (SSSR count). The zero-order valence-electron chi connectivity index (χ0n) is 19.6. The summed E-state index contributed by atoms with van der Waals surface area (Å²) in [5.41, 5.74) is 3.14. The summed E-state index contributed by atoms with van der Waals surface area (Å²) in [6.45, 7) is 3.72. The van der Waals surface area contributed by atoms with Gasteiger partial charge in [0, 0.05) is 43.7 Å². The van der Waals surface area contributed by atoms with Gasteiger partial charge in [-0.3, -0.25) is 4.90 Å². The Bertz CT molecular complexity index is 1220. The molecule has 0 radical (unpaired) electrons. The second-order valence-corrected chi connectivity index (χ2v) is 9.30. The molecule has 0 saturated carbocycles. The topological polar surface area (TPSA) is 70.8 Å². The molecule has 2 aromatic heterocycles. The lowest BCUT2D eigenvalue weighted by atomic mass is 10.0. The van der Waals surface area contributed by atoms with Crippen molar-refractivity contribution in [2.24, 2.45) is 0 Å². The van der Waals surface area contributed by atoms with Crippen molar-refractivity contribution < 1.29 is 13.9 Å². The van der Waals surface area contributed by atoms with Crippen LogP contribution in [-0.4, -0.2) is 54.1 Å². The van der Waals surface area contributed by atoms with Crippen LogP contribution < -0.4 is 10.1 Å². The zero-order chi connectivity index (χ0) is 24.0. The fraction of sp³-hybridized carbons (Fsp3) is 0.259. The molecule has 3 heterocycles. The average molecular weight is 489 g/mol. The van der Waals surface area contributed by atoms with Crippen LogP contribution in [-0.2, 0) is 6.54 Å². The van der Waals surface area contributed by atoms with Gasteiger partial charge in [0.25, 0.3) is 0 Å². The Labute approximate surface area is 209 Å². The van der Waals surface area contributed by atoms with Crippen LogP contribution in [0.1, 0.15) is 23.1 Å². The number of aromatic nitrogens is 1. The summed E-state index contributed by atoms with van der Waals surface area (Å²) in [6, 6.07) is 21.2. The largest absolute Gasteiger partial charge is 0.497 e. The van der Waals surface area contributed by atoms with E-state index in [-0.39, 0.29) is 12.1 Å². The summed E-state index contributed by atoms with van der Waals surface area (Å²) < 4.78 is 10.9. The predicted octanol–water partition coefficient (Wildman–Crippen LogP) is 5.03. The number of nitrogens with one attached hydrogen (secondary N) is 1. The SMILES string of the molecule is COc1ccc(-c2nc(CN3CCN(C(=O)NC(c4ccccc4)c4ccco4)CC3)cs2)cc1. The number of amides is 2. The van der Waals surface area contributed by atoms with Crippen LogP contribution in [0.5, 0.6) is 5.75 Å². The van der Waals surface area contributed by atoms with Crippen LogP contribution in [0.2, 0.25) is 0 Å². The number of methoxy groups -OCH3 is 1. The monoisotopic (exact) mass is 488 g/mol. The van der Waals surface area contributed by atoms with Gasteiger partial charge in [-0.1, -0.05) is 30.3 Å². The number of carbonyl (C=O) groups excluding carboxylic acids is 1. The average Bonchev–Trinajstić information content (AvgIpc) is 3.61. The van der Waals surface area contributed by atoms with Gasteiger partial charge in [-0.15, -0.1) is 11.3 Å². The van der Waals surface area contributed by atoms with Crippen LogP contribution in [0.4, 0.5) is 4.79 Å². The number of benzene rings is 2. The molecule has 0 spiro atoms. The van der Waals surface area contributed by atoms with E-state index >= 15 is 0 Å². The number of nitrogens with zero attached hydrogens (tertiary/aromatic N) is 3. The highest BCUT2D eigenvalue weighted by atomic mass is 32.1. The van der Waals surface area contributed by atoms with E-state index in [9.17, 15) is 4.79 Å². The third-order valence-corrected chi connectivity index (χ3v) is 7.10. The summed E-state index contributed by atoms with van der Waals surface area (Å²) >= 11 is 1.65. The number of rotatable bonds is 7. The number of urea groups is 1. The maximum absolute atomic E-state index is 13.1. The van der Waals surface area contributed by atoms with E-state index in [2.05, 4.69) is 15.6 Å². The lowest BCUT2D eigenvalue weighted by Crippen LogP contribution is -2.52. The summed E-state index contributed by atoms with van der Waals surface area (Å²) in [5, 5.41) is 6.28. The lowest BCUT2D eigenvalue weighted by Gasteiger charge is -2.35. The van der Waals surface area contributed by atoms with Gasteiger partial charge in [0.15, 0.2) is 0 Å². The van der Waals surface area contributed by atoms with Crippen molar-refractivity contribution in [2.75, 3.05) is 33.3 Å². The number of ether oxygens (including phenoxy) is 1. The van der Waals surface area contributed by atoms with Gasteiger partial charge >= 0.3 is 6.03 Å². The first-order valence-electron chi connectivity index (χ1n) is 11.6. The number of hydrogen-bond acceptors (Lipinski definition) is 6. The first-order valence-corrected chi connectivity index (χ1v) is 12.5. The Morgan fingerprint density at radius 2 is 1.83 bits per heavy atom. The number of furan rings is 1. The van der Waals surface area contributed by atoms with Crippen molar-refractivity contribution in [3.8, 4) is 16.3 Å². The highest BCUT2D eigenvalue weighted by molar-refractivity contribution is 7.13. The molecule has 7 nitrogen and oxygen atoms in total. The highest BCUT2D eigenvalue weighted by Gasteiger charge is 2.26. The molecule has 4 aromatic rings. The van der Waals surface area contributed by atoms with Crippen molar-refractivity contribution in [3.63, 3.8) is 0 Å². The summed E-state index contributed by atoms with van der Waals surface area (Å²) in [6.07, 6.45) is 1.63.